The molecule has 0 aliphatic carbocycles. The summed E-state index contributed by atoms with van der Waals surface area (Å²) < 4.78 is 90.4. The van der Waals surface area contributed by atoms with E-state index < -0.39 is 29.0 Å². The van der Waals surface area contributed by atoms with Crippen LogP contribution in [-0.2, 0) is 12.4 Å². The number of benzene rings is 8. The van der Waals surface area contributed by atoms with Gasteiger partial charge in [-0.3, -0.25) is 0 Å². The lowest BCUT2D eigenvalue weighted by Gasteiger charge is -2.20. The quantitative estimate of drug-likeness (QED) is 0.145. The molecule has 0 amide bonds. The molecule has 8 nitrogen and oxygen atoms in total. The number of nitriles is 4. The maximum atomic E-state index is 15.3. The van der Waals surface area contributed by atoms with Crippen LogP contribution in [0.15, 0.2) is 170 Å². The second kappa shape index (κ2) is 17.6. The molecule has 0 bridgehead atoms. The van der Waals surface area contributed by atoms with Gasteiger partial charge in [-0.25, -0.2) is 15.0 Å². The molecule has 0 N–H and O–H groups in total. The Hall–Kier alpha value is -9.89. The zero-order chi connectivity index (χ0) is 49.6. The van der Waals surface area contributed by atoms with E-state index in [1.54, 1.807) is 120 Å². The van der Waals surface area contributed by atoms with Crippen molar-refractivity contribution in [2.75, 3.05) is 0 Å². The summed E-state index contributed by atoms with van der Waals surface area (Å²) >= 11 is 0. The van der Waals surface area contributed by atoms with Crippen LogP contribution in [0.2, 0.25) is 0 Å². The van der Waals surface area contributed by atoms with Gasteiger partial charge in [-0.1, -0.05) is 103 Å². The molecule has 10 aromatic rings. The zero-order valence-corrected chi connectivity index (χ0v) is 36.5. The monoisotopic (exact) mass is 938 g/mol. The second-order valence-corrected chi connectivity index (χ2v) is 16.3. The largest absolute Gasteiger partial charge is 0.417 e. The third-order valence-electron chi connectivity index (χ3n) is 12.1. The molecular formula is C57H28F6N8. The fraction of sp³-hybridized carbons (Fsp3) is 0.0351. The van der Waals surface area contributed by atoms with Crippen LogP contribution in [0, 0.1) is 45.3 Å². The summed E-state index contributed by atoms with van der Waals surface area (Å²) in [5.74, 6) is 0.317. The highest BCUT2D eigenvalue weighted by atomic mass is 19.4. The number of nitrogens with zero attached hydrogens (tertiary/aromatic N) is 8. The number of rotatable bonds is 7. The first-order chi connectivity index (χ1) is 34.3. The average Bonchev–Trinajstić information content (AvgIpc) is 3.72. The number of aromatic nitrogens is 4. The van der Waals surface area contributed by atoms with Gasteiger partial charge in [-0.05, 0) is 100 Å². The third kappa shape index (κ3) is 8.33. The number of halogens is 6. The normalized spacial score (nSPS) is 11.5. The summed E-state index contributed by atoms with van der Waals surface area (Å²) in [5, 5.41) is 40.9. The van der Waals surface area contributed by atoms with E-state index in [-0.39, 0.29) is 62.6 Å². The second-order valence-electron chi connectivity index (χ2n) is 16.3. The first-order valence-electron chi connectivity index (χ1n) is 21.5. The first kappa shape index (κ1) is 44.9. The highest BCUT2D eigenvalue weighted by Gasteiger charge is 2.39. The molecule has 0 aliphatic heterocycles. The Morgan fingerprint density at radius 3 is 1.32 bits per heavy atom. The molecule has 0 radical (unpaired) electrons. The fourth-order valence-electron chi connectivity index (χ4n) is 8.76. The van der Waals surface area contributed by atoms with Crippen LogP contribution in [0.3, 0.4) is 0 Å². The molecule has 2 heterocycles. The van der Waals surface area contributed by atoms with Gasteiger partial charge in [0.2, 0.25) is 0 Å². The molecule has 338 valence electrons. The summed E-state index contributed by atoms with van der Waals surface area (Å²) in [7, 11) is 0. The van der Waals surface area contributed by atoms with Crippen molar-refractivity contribution in [2.24, 2.45) is 0 Å². The van der Waals surface area contributed by atoms with E-state index in [0.29, 0.717) is 61.3 Å². The van der Waals surface area contributed by atoms with Crippen molar-refractivity contribution in [1.82, 2.24) is 19.5 Å². The van der Waals surface area contributed by atoms with E-state index >= 15 is 13.2 Å². The number of hydrogen-bond acceptors (Lipinski definition) is 7. The summed E-state index contributed by atoms with van der Waals surface area (Å²) in [6.45, 7) is 0. The average molecular weight is 939 g/mol. The van der Waals surface area contributed by atoms with Crippen LogP contribution in [0.4, 0.5) is 26.3 Å². The van der Waals surface area contributed by atoms with E-state index in [4.69, 9.17) is 15.0 Å². The van der Waals surface area contributed by atoms with Gasteiger partial charge in [0.1, 0.15) is 0 Å². The van der Waals surface area contributed by atoms with Gasteiger partial charge in [0, 0.05) is 33.2 Å². The van der Waals surface area contributed by atoms with Crippen molar-refractivity contribution in [3.63, 3.8) is 0 Å². The van der Waals surface area contributed by atoms with Crippen molar-refractivity contribution in [3.05, 3.63) is 203 Å². The topological polar surface area (TPSA) is 139 Å². The lowest BCUT2D eigenvalue weighted by molar-refractivity contribution is -0.142. The highest BCUT2D eigenvalue weighted by Crippen LogP contribution is 2.46. The summed E-state index contributed by atoms with van der Waals surface area (Å²) in [6.07, 6.45) is -10.4. The van der Waals surface area contributed by atoms with Crippen LogP contribution in [0.5, 0.6) is 0 Å². The van der Waals surface area contributed by atoms with Crippen LogP contribution in [0.1, 0.15) is 33.4 Å². The molecule has 0 spiro atoms. The smallest absolute Gasteiger partial charge is 0.309 e. The number of fused-ring (bicyclic) bond motifs is 3. The molecule has 0 fully saturated rings. The van der Waals surface area contributed by atoms with Crippen molar-refractivity contribution >= 4 is 21.8 Å². The zero-order valence-electron chi connectivity index (χ0n) is 36.5. The summed E-state index contributed by atoms with van der Waals surface area (Å²) in [5.41, 5.74) is 1.79. The lowest BCUT2D eigenvalue weighted by atomic mass is 9.92. The van der Waals surface area contributed by atoms with Gasteiger partial charge in [0.05, 0.1) is 68.7 Å². The Morgan fingerprint density at radius 2 is 0.859 bits per heavy atom. The van der Waals surface area contributed by atoms with E-state index in [1.165, 1.54) is 24.3 Å². The minimum atomic E-state index is -5.27. The predicted molar refractivity (Wildman–Crippen MR) is 256 cm³/mol. The Labute approximate surface area is 400 Å². The minimum Gasteiger partial charge on any atom is -0.309 e. The Morgan fingerprint density at radius 1 is 0.380 bits per heavy atom. The first-order valence-corrected chi connectivity index (χ1v) is 21.5. The Bertz CT molecular complexity index is 3770. The maximum Gasteiger partial charge on any atom is 0.417 e. The standard InChI is InChI=1S/C57H28F6N8/c58-56(59,60)41-15-21-45(50(27-41)57(61,62)63)49-28-42(16-22-48(49)55-69-53(35-7-3-1-4-8-35)68-54(70-55)36-9-5-2-6-10-36)71-51-25-37(43-17-11-33(29-64)23-39(43)31-66)13-19-46(51)47-20-14-38(26-52(47)71)44-18-12-34(30-65)24-40(44)32-67/h1-28H. The summed E-state index contributed by atoms with van der Waals surface area (Å²) in [4.78, 5) is 14.3. The minimum absolute atomic E-state index is 0.0467. The molecule has 14 heteroatoms. The molecule has 0 aliphatic rings. The van der Waals surface area contributed by atoms with Crippen LogP contribution >= 0.6 is 0 Å². The van der Waals surface area contributed by atoms with Gasteiger partial charge in [0.15, 0.2) is 17.5 Å². The number of alkyl halides is 6. The van der Waals surface area contributed by atoms with Crippen molar-refractivity contribution in [3.8, 4) is 97.5 Å². The number of hydrogen-bond donors (Lipinski definition) is 0. The van der Waals surface area contributed by atoms with Gasteiger partial charge in [0.25, 0.3) is 0 Å². The van der Waals surface area contributed by atoms with E-state index in [2.05, 4.69) is 12.1 Å². The van der Waals surface area contributed by atoms with Gasteiger partial charge < -0.3 is 4.57 Å². The molecule has 2 aromatic heterocycles. The summed E-state index contributed by atoms with van der Waals surface area (Å²) in [6, 6.07) is 52.5. The highest BCUT2D eigenvalue weighted by molar-refractivity contribution is 6.11. The molecule has 10 rings (SSSR count). The molecule has 0 atom stereocenters. The van der Waals surface area contributed by atoms with Gasteiger partial charge in [-0.15, -0.1) is 0 Å². The van der Waals surface area contributed by atoms with Crippen molar-refractivity contribution < 1.29 is 26.3 Å². The predicted octanol–water partition coefficient (Wildman–Crippen LogP) is 14.5. The van der Waals surface area contributed by atoms with E-state index in [1.807, 2.05) is 24.3 Å². The molecule has 8 aromatic carbocycles. The van der Waals surface area contributed by atoms with Crippen molar-refractivity contribution in [2.45, 2.75) is 12.4 Å². The van der Waals surface area contributed by atoms with E-state index in [9.17, 15) is 34.2 Å². The van der Waals surface area contributed by atoms with Crippen molar-refractivity contribution in [1.29, 1.82) is 21.0 Å². The van der Waals surface area contributed by atoms with Crippen LogP contribution < -0.4 is 0 Å². The SMILES string of the molecule is N#Cc1ccc(-c2ccc3c4ccc(-c5ccc(C#N)cc5C#N)cc4n(-c4ccc(-c5nc(-c6ccccc6)nc(-c6ccccc6)n5)c(-c5ccc(C(F)(F)F)cc5C(F)(F)F)c4)c3c2)c(C#N)c1. The molecule has 71 heavy (non-hydrogen) atoms. The molecule has 0 saturated carbocycles. The molecule has 0 saturated heterocycles. The maximum absolute atomic E-state index is 15.3. The molecular weight excluding hydrogens is 911 g/mol. The van der Waals surface area contributed by atoms with Gasteiger partial charge in [-0.2, -0.15) is 47.4 Å². The van der Waals surface area contributed by atoms with Crippen LogP contribution in [0.25, 0.3) is 95.0 Å². The third-order valence-corrected chi connectivity index (χ3v) is 12.1. The fourth-order valence-corrected chi connectivity index (χ4v) is 8.76. The lowest BCUT2D eigenvalue weighted by Crippen LogP contribution is -2.12. The van der Waals surface area contributed by atoms with Gasteiger partial charge >= 0.3 is 12.4 Å². The van der Waals surface area contributed by atoms with E-state index in [0.717, 1.165) is 6.07 Å². The molecule has 0 unspecified atom stereocenters. The Balaban J connectivity index is 1.31. The Kier molecular flexibility index (Phi) is 11.2. The van der Waals surface area contributed by atoms with Crippen LogP contribution in [-0.4, -0.2) is 19.5 Å².